The maximum atomic E-state index is 12.1. The quantitative estimate of drug-likeness (QED) is 0.199. The van der Waals surface area contributed by atoms with Gasteiger partial charge in [-0.25, -0.2) is 0 Å². The fourth-order valence-electron chi connectivity index (χ4n) is 2.92. The van der Waals surface area contributed by atoms with Gasteiger partial charge in [0.2, 0.25) is 0 Å². The molecule has 3 atom stereocenters. The number of hydrogen-bond donors (Lipinski definition) is 1. The van der Waals surface area contributed by atoms with Crippen LogP contribution in [0.15, 0.2) is 12.3 Å². The highest BCUT2D eigenvalue weighted by atomic mass is 32.2. The van der Waals surface area contributed by atoms with Crippen LogP contribution >= 0.6 is 0 Å². The smallest absolute Gasteiger partial charge is 0.307 e. The summed E-state index contributed by atoms with van der Waals surface area (Å²) in [5, 5.41) is -1.50. The topological polar surface area (TPSA) is 89.9 Å². The van der Waals surface area contributed by atoms with E-state index in [1.807, 2.05) is 13.8 Å². The molecule has 7 heteroatoms. The molecule has 0 radical (unpaired) electrons. The molecule has 1 N–H and O–H groups in total. The summed E-state index contributed by atoms with van der Waals surface area (Å²) in [6.45, 7) is 12.5. The van der Waals surface area contributed by atoms with Gasteiger partial charge in [0, 0.05) is 0 Å². The summed E-state index contributed by atoms with van der Waals surface area (Å²) >= 11 is 0. The van der Waals surface area contributed by atoms with Gasteiger partial charge in [0.1, 0.15) is 5.76 Å². The van der Waals surface area contributed by atoms with Crippen molar-refractivity contribution < 1.29 is 27.2 Å². The van der Waals surface area contributed by atoms with Crippen LogP contribution in [0.2, 0.25) is 0 Å². The van der Waals surface area contributed by atoms with Gasteiger partial charge in [-0.3, -0.25) is 9.35 Å². The lowest BCUT2D eigenvalue weighted by Gasteiger charge is -2.21. The van der Waals surface area contributed by atoms with Gasteiger partial charge in [0.15, 0.2) is 5.25 Å². The average Bonchev–Trinajstić information content (AvgIpc) is 2.65. The summed E-state index contributed by atoms with van der Waals surface area (Å²) < 4.78 is 43.8. The zero-order valence-corrected chi connectivity index (χ0v) is 18.9. The first-order valence-corrected chi connectivity index (χ1v) is 12.1. The number of ether oxygens (including phenoxy) is 2. The van der Waals surface area contributed by atoms with Gasteiger partial charge in [0.05, 0.1) is 19.6 Å². The maximum absolute atomic E-state index is 12.1. The van der Waals surface area contributed by atoms with E-state index in [1.165, 1.54) is 0 Å². The molecule has 0 heterocycles. The van der Waals surface area contributed by atoms with E-state index < -0.39 is 27.8 Å². The molecule has 0 rings (SSSR count). The first kappa shape index (κ1) is 26.9. The molecule has 0 saturated carbocycles. The van der Waals surface area contributed by atoms with Crippen molar-refractivity contribution in [2.75, 3.05) is 13.2 Å². The van der Waals surface area contributed by atoms with Crippen LogP contribution in [0.4, 0.5) is 0 Å². The number of esters is 1. The number of unbranched alkanes of at least 4 members (excludes halogenated alkanes) is 2. The standard InChI is InChI=1S/C21H40O6S/c1-6-10-12-18(8-3)15-26-17(5)20(28(23,24)25)14-21(22)27-16-19(9-4)13-11-7-2/h18-20H,5-16H2,1-4H3,(H,23,24,25). The van der Waals surface area contributed by atoms with E-state index in [1.54, 1.807) is 0 Å². The largest absolute Gasteiger partial charge is 0.497 e. The van der Waals surface area contributed by atoms with Gasteiger partial charge in [-0.15, -0.1) is 0 Å². The van der Waals surface area contributed by atoms with Crippen LogP contribution in [-0.4, -0.2) is 37.4 Å². The normalized spacial score (nSPS) is 14.9. The Morgan fingerprint density at radius 3 is 1.79 bits per heavy atom. The molecule has 6 nitrogen and oxygen atoms in total. The van der Waals surface area contributed by atoms with Gasteiger partial charge in [-0.1, -0.05) is 72.8 Å². The van der Waals surface area contributed by atoms with E-state index >= 15 is 0 Å². The summed E-state index contributed by atoms with van der Waals surface area (Å²) in [6.07, 6.45) is 7.53. The third-order valence-electron chi connectivity index (χ3n) is 5.14. The van der Waals surface area contributed by atoms with Crippen molar-refractivity contribution in [1.29, 1.82) is 0 Å². The van der Waals surface area contributed by atoms with E-state index in [0.717, 1.165) is 51.4 Å². The molecule has 0 fully saturated rings. The van der Waals surface area contributed by atoms with E-state index in [-0.39, 0.29) is 24.2 Å². The number of carbonyl (C=O) groups is 1. The summed E-state index contributed by atoms with van der Waals surface area (Å²) in [4.78, 5) is 12.1. The Balaban J connectivity index is 4.73. The van der Waals surface area contributed by atoms with Crippen molar-refractivity contribution in [3.63, 3.8) is 0 Å². The van der Waals surface area contributed by atoms with Crippen molar-refractivity contribution in [2.24, 2.45) is 11.8 Å². The Hall–Kier alpha value is -1.08. The highest BCUT2D eigenvalue weighted by Gasteiger charge is 2.31. The third kappa shape index (κ3) is 11.7. The zero-order chi connectivity index (χ0) is 21.6. The monoisotopic (exact) mass is 420 g/mol. The lowest BCUT2D eigenvalue weighted by atomic mass is 10.0. The van der Waals surface area contributed by atoms with Crippen molar-refractivity contribution in [3.05, 3.63) is 12.3 Å². The van der Waals surface area contributed by atoms with Crippen LogP contribution in [-0.2, 0) is 24.4 Å². The molecule has 0 aliphatic rings. The molecule has 0 amide bonds. The second-order valence-electron chi connectivity index (χ2n) is 7.50. The Morgan fingerprint density at radius 2 is 1.39 bits per heavy atom. The summed E-state index contributed by atoms with van der Waals surface area (Å²) in [7, 11) is -4.51. The Labute approximate surface area is 171 Å². The molecule has 28 heavy (non-hydrogen) atoms. The Bertz CT molecular complexity index is 543. The first-order chi connectivity index (χ1) is 13.2. The van der Waals surface area contributed by atoms with Gasteiger partial charge < -0.3 is 9.47 Å². The minimum absolute atomic E-state index is 0.104. The zero-order valence-electron chi connectivity index (χ0n) is 18.1. The van der Waals surface area contributed by atoms with Crippen LogP contribution in [0, 0.1) is 11.8 Å². The second kappa shape index (κ2) is 14.9. The van der Waals surface area contributed by atoms with Gasteiger partial charge in [-0.05, 0) is 24.7 Å². The van der Waals surface area contributed by atoms with Crippen LogP contribution in [0.5, 0.6) is 0 Å². The Morgan fingerprint density at radius 1 is 0.929 bits per heavy atom. The molecular weight excluding hydrogens is 380 g/mol. The molecule has 0 aromatic heterocycles. The third-order valence-corrected chi connectivity index (χ3v) is 6.29. The number of hydrogen-bond acceptors (Lipinski definition) is 5. The van der Waals surface area contributed by atoms with Crippen molar-refractivity contribution in [1.82, 2.24) is 0 Å². The van der Waals surface area contributed by atoms with Crippen LogP contribution < -0.4 is 0 Å². The van der Waals surface area contributed by atoms with E-state index in [2.05, 4.69) is 20.4 Å². The highest BCUT2D eigenvalue weighted by molar-refractivity contribution is 7.86. The molecule has 0 bridgehead atoms. The minimum Gasteiger partial charge on any atom is -0.497 e. The van der Waals surface area contributed by atoms with Crippen molar-refractivity contribution in [2.45, 2.75) is 90.7 Å². The molecule has 0 aromatic carbocycles. The highest BCUT2D eigenvalue weighted by Crippen LogP contribution is 2.20. The summed E-state index contributed by atoms with van der Waals surface area (Å²) in [5.41, 5.74) is 0. The maximum Gasteiger partial charge on any atom is 0.307 e. The van der Waals surface area contributed by atoms with Crippen LogP contribution in [0.25, 0.3) is 0 Å². The van der Waals surface area contributed by atoms with E-state index in [9.17, 15) is 17.8 Å². The average molecular weight is 421 g/mol. The molecule has 0 aliphatic carbocycles. The molecule has 3 unspecified atom stereocenters. The van der Waals surface area contributed by atoms with Crippen LogP contribution in [0.1, 0.15) is 85.5 Å². The molecular formula is C21H40O6S. The predicted molar refractivity (Wildman–Crippen MR) is 113 cm³/mol. The summed E-state index contributed by atoms with van der Waals surface area (Å²) in [5.74, 6) is -0.223. The van der Waals surface area contributed by atoms with E-state index in [4.69, 9.17) is 9.47 Å². The van der Waals surface area contributed by atoms with E-state index in [0.29, 0.717) is 6.61 Å². The fourth-order valence-corrected chi connectivity index (χ4v) is 3.67. The number of rotatable bonds is 17. The van der Waals surface area contributed by atoms with Gasteiger partial charge in [0.25, 0.3) is 10.1 Å². The minimum atomic E-state index is -4.51. The lowest BCUT2D eigenvalue weighted by molar-refractivity contribution is -0.145. The molecule has 166 valence electrons. The summed E-state index contributed by atoms with van der Waals surface area (Å²) in [6, 6.07) is 0. The van der Waals surface area contributed by atoms with Gasteiger partial charge >= 0.3 is 5.97 Å². The molecule has 0 aliphatic heterocycles. The number of carbonyl (C=O) groups excluding carboxylic acids is 1. The Kier molecular flexibility index (Phi) is 14.3. The fraction of sp³-hybridized carbons (Fsp3) is 0.857. The molecule has 0 aromatic rings. The SMILES string of the molecule is C=C(OCC(CC)CCCC)C(CC(=O)OCC(CC)CCCC)S(=O)(=O)O. The first-order valence-electron chi connectivity index (χ1n) is 10.6. The second-order valence-corrected chi connectivity index (χ2v) is 9.10. The van der Waals surface area contributed by atoms with Gasteiger partial charge in [-0.2, -0.15) is 8.42 Å². The lowest BCUT2D eigenvalue weighted by Crippen LogP contribution is -2.29. The van der Waals surface area contributed by atoms with Crippen molar-refractivity contribution >= 4 is 16.1 Å². The predicted octanol–water partition coefficient (Wildman–Crippen LogP) is 5.14. The molecule has 0 saturated heterocycles. The van der Waals surface area contributed by atoms with Crippen molar-refractivity contribution in [3.8, 4) is 0 Å². The molecule has 0 spiro atoms. The van der Waals surface area contributed by atoms with Crippen LogP contribution in [0.3, 0.4) is 0 Å².